The molecule has 0 bridgehead atoms. The van der Waals surface area contributed by atoms with Crippen molar-refractivity contribution in [1.82, 2.24) is 0 Å². The van der Waals surface area contributed by atoms with Crippen LogP contribution in [0.15, 0.2) is 54.6 Å². The van der Waals surface area contributed by atoms with Crippen molar-refractivity contribution >= 4 is 22.2 Å². The summed E-state index contributed by atoms with van der Waals surface area (Å²) in [6, 6.07) is 19.0. The van der Waals surface area contributed by atoms with Crippen LogP contribution in [0.4, 0.5) is 5.00 Å². The maximum Gasteiger partial charge on any atom is 0.256 e. The van der Waals surface area contributed by atoms with Crippen molar-refractivity contribution in [2.24, 2.45) is 0 Å². The van der Waals surface area contributed by atoms with E-state index < -0.39 is 0 Å². The average molecular weight is 362 g/mol. The largest absolute Gasteiger partial charge is 0.489 e. The summed E-state index contributed by atoms with van der Waals surface area (Å²) in [6.07, 6.45) is 0. The van der Waals surface area contributed by atoms with Crippen molar-refractivity contribution in [3.8, 4) is 11.8 Å². The molecular weight excluding hydrogens is 344 g/mol. The summed E-state index contributed by atoms with van der Waals surface area (Å²) in [5, 5.41) is 12.7. The lowest BCUT2D eigenvalue weighted by molar-refractivity contribution is 0.102. The highest BCUT2D eigenvalue weighted by Gasteiger charge is 2.15. The Balaban J connectivity index is 1.66. The SMILES string of the molecule is Cc1sc(NC(=O)c2ccc(OCc3ccccc3)cc2)c(C#N)c1C. The number of carbonyl (C=O) groups is 1. The fraction of sp³-hybridized carbons (Fsp3) is 0.143. The van der Waals surface area contributed by atoms with Gasteiger partial charge in [-0.15, -0.1) is 11.3 Å². The Morgan fingerprint density at radius 2 is 1.81 bits per heavy atom. The highest BCUT2D eigenvalue weighted by Crippen LogP contribution is 2.32. The van der Waals surface area contributed by atoms with E-state index in [1.165, 1.54) is 11.3 Å². The summed E-state index contributed by atoms with van der Waals surface area (Å²) >= 11 is 1.42. The summed E-state index contributed by atoms with van der Waals surface area (Å²) < 4.78 is 5.73. The summed E-state index contributed by atoms with van der Waals surface area (Å²) in [5.41, 5.74) is 3.05. The summed E-state index contributed by atoms with van der Waals surface area (Å²) in [6.45, 7) is 4.31. The van der Waals surface area contributed by atoms with E-state index in [9.17, 15) is 10.1 Å². The van der Waals surface area contributed by atoms with Crippen molar-refractivity contribution in [3.63, 3.8) is 0 Å². The Hall–Kier alpha value is -3.10. The first-order chi connectivity index (χ1) is 12.6. The van der Waals surface area contributed by atoms with Gasteiger partial charge in [-0.25, -0.2) is 0 Å². The van der Waals surface area contributed by atoms with E-state index in [-0.39, 0.29) is 5.91 Å². The number of hydrogen-bond donors (Lipinski definition) is 1. The second-order valence-electron chi connectivity index (χ2n) is 5.85. The van der Waals surface area contributed by atoms with Crippen LogP contribution >= 0.6 is 11.3 Å². The quantitative estimate of drug-likeness (QED) is 0.689. The maximum atomic E-state index is 12.4. The number of nitriles is 1. The van der Waals surface area contributed by atoms with E-state index in [2.05, 4.69) is 11.4 Å². The van der Waals surface area contributed by atoms with E-state index >= 15 is 0 Å². The van der Waals surface area contributed by atoms with E-state index in [1.54, 1.807) is 24.3 Å². The number of anilines is 1. The molecule has 0 unspecified atom stereocenters. The molecule has 3 aromatic rings. The van der Waals surface area contributed by atoms with Crippen LogP contribution in [-0.2, 0) is 6.61 Å². The van der Waals surface area contributed by atoms with Gasteiger partial charge in [-0.1, -0.05) is 30.3 Å². The number of benzene rings is 2. The molecule has 1 heterocycles. The van der Waals surface area contributed by atoms with Gasteiger partial charge in [0.15, 0.2) is 0 Å². The van der Waals surface area contributed by atoms with Gasteiger partial charge in [0, 0.05) is 10.4 Å². The van der Waals surface area contributed by atoms with Gasteiger partial charge >= 0.3 is 0 Å². The standard InChI is InChI=1S/C21H18N2O2S/c1-14-15(2)26-21(19(14)12-22)23-20(24)17-8-10-18(11-9-17)25-13-16-6-4-3-5-7-16/h3-11H,13H2,1-2H3,(H,23,24). The topological polar surface area (TPSA) is 62.1 Å². The van der Waals surface area contributed by atoms with E-state index in [0.717, 1.165) is 16.0 Å². The molecule has 0 aliphatic heterocycles. The number of thiophene rings is 1. The van der Waals surface area contributed by atoms with Crippen LogP contribution in [0.5, 0.6) is 5.75 Å². The van der Waals surface area contributed by atoms with Crippen LogP contribution < -0.4 is 10.1 Å². The maximum absolute atomic E-state index is 12.4. The fourth-order valence-electron chi connectivity index (χ4n) is 2.47. The van der Waals surface area contributed by atoms with Crippen molar-refractivity contribution in [2.45, 2.75) is 20.5 Å². The predicted molar refractivity (Wildman–Crippen MR) is 104 cm³/mol. The van der Waals surface area contributed by atoms with Crippen LogP contribution in [0.3, 0.4) is 0 Å². The van der Waals surface area contributed by atoms with Gasteiger partial charge in [0.05, 0.1) is 5.56 Å². The molecule has 26 heavy (non-hydrogen) atoms. The highest BCUT2D eigenvalue weighted by molar-refractivity contribution is 7.16. The molecule has 1 N–H and O–H groups in total. The van der Waals surface area contributed by atoms with Crippen LogP contribution in [0.25, 0.3) is 0 Å². The molecule has 130 valence electrons. The molecule has 0 radical (unpaired) electrons. The molecule has 1 amide bonds. The van der Waals surface area contributed by atoms with Gasteiger partial charge in [0.2, 0.25) is 0 Å². The van der Waals surface area contributed by atoms with E-state index in [1.807, 2.05) is 44.2 Å². The lowest BCUT2D eigenvalue weighted by Gasteiger charge is -2.08. The van der Waals surface area contributed by atoms with Gasteiger partial charge in [-0.2, -0.15) is 5.26 Å². The zero-order valence-electron chi connectivity index (χ0n) is 14.6. The van der Waals surface area contributed by atoms with Gasteiger partial charge in [0.1, 0.15) is 23.4 Å². The monoisotopic (exact) mass is 362 g/mol. The number of rotatable bonds is 5. The number of ether oxygens (including phenoxy) is 1. The average Bonchev–Trinajstić information content (AvgIpc) is 2.94. The Kier molecular flexibility index (Phi) is 5.35. The third-order valence-corrected chi connectivity index (χ3v) is 5.21. The molecule has 0 fully saturated rings. The Labute approximate surface area is 156 Å². The Morgan fingerprint density at radius 3 is 2.46 bits per heavy atom. The minimum Gasteiger partial charge on any atom is -0.489 e. The minimum absolute atomic E-state index is 0.239. The molecule has 1 aromatic heterocycles. The molecule has 0 saturated carbocycles. The Bertz CT molecular complexity index is 954. The third-order valence-electron chi connectivity index (χ3n) is 4.09. The number of nitrogens with zero attached hydrogens (tertiary/aromatic N) is 1. The van der Waals surface area contributed by atoms with Gasteiger partial charge < -0.3 is 10.1 Å². The normalized spacial score (nSPS) is 10.2. The molecule has 0 spiro atoms. The number of amides is 1. The van der Waals surface area contributed by atoms with Crippen molar-refractivity contribution in [2.75, 3.05) is 5.32 Å². The molecule has 0 atom stereocenters. The number of hydrogen-bond acceptors (Lipinski definition) is 4. The second kappa shape index (κ2) is 7.85. The molecule has 0 aliphatic carbocycles. The molecule has 0 aliphatic rings. The molecule has 0 saturated heterocycles. The first-order valence-corrected chi connectivity index (χ1v) is 8.98. The van der Waals surface area contributed by atoms with E-state index in [0.29, 0.717) is 28.5 Å². The molecular formula is C21H18N2O2S. The minimum atomic E-state index is -0.239. The fourth-order valence-corrected chi connectivity index (χ4v) is 3.47. The smallest absolute Gasteiger partial charge is 0.256 e. The number of aryl methyl sites for hydroxylation is 1. The van der Waals surface area contributed by atoms with Crippen LogP contribution in [0.2, 0.25) is 0 Å². The lowest BCUT2D eigenvalue weighted by Crippen LogP contribution is -2.11. The zero-order valence-corrected chi connectivity index (χ0v) is 15.4. The van der Waals surface area contributed by atoms with Crippen molar-refractivity contribution in [1.29, 1.82) is 5.26 Å². The highest BCUT2D eigenvalue weighted by atomic mass is 32.1. The van der Waals surface area contributed by atoms with Gasteiger partial charge in [0.25, 0.3) is 5.91 Å². The van der Waals surface area contributed by atoms with Gasteiger partial charge in [-0.3, -0.25) is 4.79 Å². The van der Waals surface area contributed by atoms with Crippen molar-refractivity contribution < 1.29 is 9.53 Å². The number of carbonyl (C=O) groups excluding carboxylic acids is 1. The summed E-state index contributed by atoms with van der Waals surface area (Å²) in [5.74, 6) is 0.461. The first-order valence-electron chi connectivity index (χ1n) is 8.16. The number of nitrogens with one attached hydrogen (secondary N) is 1. The lowest BCUT2D eigenvalue weighted by atomic mass is 10.1. The summed E-state index contributed by atoms with van der Waals surface area (Å²) in [7, 11) is 0. The molecule has 5 heteroatoms. The van der Waals surface area contributed by atoms with E-state index in [4.69, 9.17) is 4.74 Å². The predicted octanol–water partition coefficient (Wildman–Crippen LogP) is 5.07. The first kappa shape index (κ1) is 17.7. The molecule has 4 nitrogen and oxygen atoms in total. The van der Waals surface area contributed by atoms with Crippen LogP contribution in [0, 0.1) is 25.2 Å². The van der Waals surface area contributed by atoms with Gasteiger partial charge in [-0.05, 0) is 49.2 Å². The van der Waals surface area contributed by atoms with Crippen molar-refractivity contribution in [3.05, 3.63) is 81.7 Å². The summed E-state index contributed by atoms with van der Waals surface area (Å²) in [4.78, 5) is 13.5. The Morgan fingerprint density at radius 1 is 1.12 bits per heavy atom. The van der Waals surface area contributed by atoms with Crippen LogP contribution in [-0.4, -0.2) is 5.91 Å². The second-order valence-corrected chi connectivity index (χ2v) is 7.08. The van der Waals surface area contributed by atoms with Crippen LogP contribution in [0.1, 0.15) is 31.9 Å². The molecule has 3 rings (SSSR count). The zero-order chi connectivity index (χ0) is 18.5. The molecule has 2 aromatic carbocycles. The third kappa shape index (κ3) is 3.93.